The van der Waals surface area contributed by atoms with Crippen LogP contribution in [0.25, 0.3) is 5.57 Å². The van der Waals surface area contributed by atoms with Gasteiger partial charge in [0, 0.05) is 67.3 Å². The number of benzene rings is 2. The fourth-order valence-corrected chi connectivity index (χ4v) is 5.60. The number of rotatable bonds is 11. The third kappa shape index (κ3) is 8.56. The second-order valence-electron chi connectivity index (χ2n) is 11.3. The fourth-order valence-electron chi connectivity index (χ4n) is 5.44. The lowest BCUT2D eigenvalue weighted by atomic mass is 9.91. The number of ether oxygens (including phenoxy) is 3. The van der Waals surface area contributed by atoms with Crippen LogP contribution in [0.5, 0.6) is 5.75 Å². The maximum Gasteiger partial charge on any atom is 0.411 e. The van der Waals surface area contributed by atoms with Crippen molar-refractivity contribution in [3.8, 4) is 5.75 Å². The highest BCUT2D eigenvalue weighted by Gasteiger charge is 2.31. The molecule has 1 aliphatic carbocycles. The molecule has 0 saturated carbocycles. The zero-order valence-corrected chi connectivity index (χ0v) is 26.8. The van der Waals surface area contributed by atoms with Gasteiger partial charge in [0.2, 0.25) is 0 Å². The van der Waals surface area contributed by atoms with Crippen molar-refractivity contribution in [2.24, 2.45) is 0 Å². The Hall–Kier alpha value is -4.60. The molecule has 0 bridgehead atoms. The number of methoxy groups -OCH3 is 1. The van der Waals surface area contributed by atoms with Gasteiger partial charge >= 0.3 is 6.09 Å². The average Bonchev–Trinajstić information content (AvgIpc) is 3.08. The summed E-state index contributed by atoms with van der Waals surface area (Å²) < 4.78 is 17.4. The number of anilines is 1. The largest absolute Gasteiger partial charge is 0.493 e. The molecule has 5 rings (SSSR count). The molecule has 2 unspecified atom stereocenters. The molecule has 2 aromatic carbocycles. The molecule has 2 heterocycles. The van der Waals surface area contributed by atoms with Crippen molar-refractivity contribution in [3.63, 3.8) is 0 Å². The van der Waals surface area contributed by atoms with E-state index >= 15 is 0 Å². The number of nitrogens with one attached hydrogen (secondary N) is 1. The minimum Gasteiger partial charge on any atom is -0.493 e. The van der Waals surface area contributed by atoms with E-state index in [-0.39, 0.29) is 30.3 Å². The van der Waals surface area contributed by atoms with Crippen molar-refractivity contribution in [3.05, 3.63) is 119 Å². The molecule has 3 aromatic rings. The van der Waals surface area contributed by atoms with E-state index < -0.39 is 0 Å². The number of pyridine rings is 1. The van der Waals surface area contributed by atoms with Gasteiger partial charge in [0.1, 0.15) is 11.9 Å². The smallest absolute Gasteiger partial charge is 0.411 e. The van der Waals surface area contributed by atoms with Gasteiger partial charge in [-0.2, -0.15) is 0 Å². The molecule has 0 radical (unpaired) electrons. The maximum atomic E-state index is 13.5. The van der Waals surface area contributed by atoms with E-state index in [1.807, 2.05) is 55.5 Å². The van der Waals surface area contributed by atoms with Crippen molar-refractivity contribution in [1.82, 2.24) is 15.2 Å². The number of carbonyl (C=O) groups excluding carboxylic acids is 2. The highest BCUT2D eigenvalue weighted by molar-refractivity contribution is 6.31. The number of nitrogens with zero attached hydrogens (tertiary/aromatic N) is 2. The first-order valence-corrected chi connectivity index (χ1v) is 15.7. The van der Waals surface area contributed by atoms with Crippen LogP contribution in [0, 0.1) is 6.92 Å². The summed E-state index contributed by atoms with van der Waals surface area (Å²) in [6.45, 7) is 3.27. The van der Waals surface area contributed by atoms with Crippen LogP contribution in [0.3, 0.4) is 0 Å². The van der Waals surface area contributed by atoms with Gasteiger partial charge in [-0.25, -0.2) is 4.79 Å². The van der Waals surface area contributed by atoms with Crippen LogP contribution in [0.2, 0.25) is 0 Å². The molecule has 46 heavy (non-hydrogen) atoms. The third-order valence-corrected chi connectivity index (χ3v) is 8.35. The Bertz CT molecular complexity index is 1610. The van der Waals surface area contributed by atoms with E-state index in [9.17, 15) is 9.59 Å². The lowest BCUT2D eigenvalue weighted by Gasteiger charge is -2.35. The van der Waals surface area contributed by atoms with Gasteiger partial charge in [-0.1, -0.05) is 47.5 Å². The Labute approximate surface area is 274 Å². The van der Waals surface area contributed by atoms with Crippen LogP contribution in [-0.2, 0) is 9.47 Å². The summed E-state index contributed by atoms with van der Waals surface area (Å²) in [6.07, 6.45) is 11.5. The molecule has 3 atom stereocenters. The number of nitrogens with two attached hydrogens (primary N) is 1. The summed E-state index contributed by atoms with van der Waals surface area (Å²) in [4.78, 5) is 31.5. The molecule has 9 nitrogen and oxygen atoms in total. The molecule has 10 heteroatoms. The monoisotopic (exact) mass is 642 g/mol. The standard InChI is InChI=1S/C36H39ClN4O5/c1-24-3-12-33(38)32(21-24)27-15-19-41(36(43)46-30-10-6-28(37)7-11-30)34(22-27)25-4-8-29(9-5-25)45-20-16-31(44-2)23-40-35(42)26-13-17-39-18-14-26/h3-10,12-14,17-18,21-22,30-31,34H,11,15-16,19-20,23,38H2,1-2H3,(H,40,42)/t30?,31?,34-/m1/s1. The fraction of sp³-hybridized carbons (Fsp3) is 0.306. The number of allylic oxidation sites excluding steroid dienone is 2. The Morgan fingerprint density at radius 2 is 1.91 bits per heavy atom. The van der Waals surface area contributed by atoms with Crippen LogP contribution in [0.4, 0.5) is 10.5 Å². The molecule has 240 valence electrons. The van der Waals surface area contributed by atoms with Gasteiger partial charge in [0.25, 0.3) is 5.91 Å². The van der Waals surface area contributed by atoms with Gasteiger partial charge in [0.15, 0.2) is 0 Å². The topological polar surface area (TPSA) is 116 Å². The van der Waals surface area contributed by atoms with Crippen molar-refractivity contribution >= 4 is 34.9 Å². The summed E-state index contributed by atoms with van der Waals surface area (Å²) in [7, 11) is 1.61. The van der Waals surface area contributed by atoms with Crippen LogP contribution in [0.15, 0.2) is 96.3 Å². The number of hydrogen-bond donors (Lipinski definition) is 2. The zero-order chi connectivity index (χ0) is 32.5. The molecule has 1 aliphatic heterocycles. The van der Waals surface area contributed by atoms with E-state index in [2.05, 4.69) is 22.4 Å². The first-order valence-electron chi connectivity index (χ1n) is 15.3. The average molecular weight is 643 g/mol. The molecule has 2 aliphatic rings. The number of amides is 2. The maximum absolute atomic E-state index is 13.5. The normalized spacial score (nSPS) is 18.3. The Kier molecular flexibility index (Phi) is 11.1. The summed E-state index contributed by atoms with van der Waals surface area (Å²) in [6, 6.07) is 16.7. The van der Waals surface area contributed by atoms with Crippen molar-refractivity contribution in [2.75, 3.05) is 32.5 Å². The quantitative estimate of drug-likeness (QED) is 0.226. The summed E-state index contributed by atoms with van der Waals surface area (Å²) in [5, 5.41) is 3.53. The molecule has 0 fully saturated rings. The molecule has 2 amide bonds. The first-order chi connectivity index (χ1) is 22.3. The number of hydrogen-bond acceptors (Lipinski definition) is 7. The summed E-state index contributed by atoms with van der Waals surface area (Å²) >= 11 is 6.05. The molecular formula is C36H39ClN4O5. The number of carbonyl (C=O) groups is 2. The van der Waals surface area contributed by atoms with Crippen LogP contribution < -0.4 is 15.8 Å². The Morgan fingerprint density at radius 3 is 2.63 bits per heavy atom. The van der Waals surface area contributed by atoms with Crippen LogP contribution >= 0.6 is 11.6 Å². The predicted molar refractivity (Wildman–Crippen MR) is 180 cm³/mol. The third-order valence-electron chi connectivity index (χ3n) is 8.07. The first kappa shape index (κ1) is 32.8. The number of aryl methyl sites for hydroxylation is 1. The highest BCUT2D eigenvalue weighted by atomic mass is 35.5. The highest BCUT2D eigenvalue weighted by Crippen LogP contribution is 2.37. The minimum absolute atomic E-state index is 0.180. The van der Waals surface area contributed by atoms with Crippen molar-refractivity contribution < 1.29 is 23.8 Å². The van der Waals surface area contributed by atoms with E-state index in [0.29, 0.717) is 61.0 Å². The Morgan fingerprint density at radius 1 is 1.13 bits per heavy atom. The molecule has 0 saturated heterocycles. The summed E-state index contributed by atoms with van der Waals surface area (Å²) in [5.41, 5.74) is 11.7. The van der Waals surface area contributed by atoms with Gasteiger partial charge in [-0.15, -0.1) is 0 Å². The molecule has 3 N–H and O–H groups in total. The van der Waals surface area contributed by atoms with Gasteiger partial charge < -0.3 is 25.3 Å². The van der Waals surface area contributed by atoms with E-state index in [4.69, 9.17) is 31.5 Å². The van der Waals surface area contributed by atoms with E-state index in [0.717, 1.165) is 22.3 Å². The Balaban J connectivity index is 1.25. The van der Waals surface area contributed by atoms with Gasteiger partial charge in [-0.05, 0) is 73.0 Å². The van der Waals surface area contributed by atoms with Crippen molar-refractivity contribution in [2.45, 2.75) is 44.4 Å². The van der Waals surface area contributed by atoms with E-state index in [1.165, 1.54) is 0 Å². The number of nitrogen functional groups attached to an aromatic ring is 1. The second-order valence-corrected chi connectivity index (χ2v) is 11.7. The lowest BCUT2D eigenvalue weighted by Crippen LogP contribution is -2.39. The van der Waals surface area contributed by atoms with Crippen LogP contribution in [-0.4, -0.2) is 60.9 Å². The molecular weight excluding hydrogens is 604 g/mol. The second kappa shape index (κ2) is 15.6. The number of halogens is 1. The van der Waals surface area contributed by atoms with Gasteiger partial charge in [0.05, 0.1) is 18.8 Å². The number of aromatic nitrogens is 1. The van der Waals surface area contributed by atoms with E-state index in [1.54, 1.807) is 42.6 Å². The predicted octanol–water partition coefficient (Wildman–Crippen LogP) is 6.60. The van der Waals surface area contributed by atoms with Crippen molar-refractivity contribution in [1.29, 1.82) is 0 Å². The van der Waals surface area contributed by atoms with Crippen LogP contribution in [0.1, 0.15) is 52.4 Å². The zero-order valence-electron chi connectivity index (χ0n) is 26.0. The molecule has 1 aromatic heterocycles. The minimum atomic E-state index is -0.388. The lowest BCUT2D eigenvalue weighted by molar-refractivity contribution is 0.0716. The van der Waals surface area contributed by atoms with Gasteiger partial charge in [-0.3, -0.25) is 14.7 Å². The SMILES string of the molecule is COC(CCOc1ccc([C@H]2C=C(c3cc(C)ccc3N)CCN2C(=O)OC2C=CC(Cl)=CC2)cc1)CNC(=O)c1ccncc1. The summed E-state index contributed by atoms with van der Waals surface area (Å²) in [5.74, 6) is 0.507. The molecule has 0 spiro atoms.